The lowest BCUT2D eigenvalue weighted by atomic mass is 9.36. The van der Waals surface area contributed by atoms with Gasteiger partial charge in [-0.05, 0) is 135 Å². The van der Waals surface area contributed by atoms with Gasteiger partial charge in [-0.15, -0.1) is 0 Å². The van der Waals surface area contributed by atoms with Crippen molar-refractivity contribution in [3.63, 3.8) is 0 Å². The van der Waals surface area contributed by atoms with Gasteiger partial charge >= 0.3 is 0 Å². The van der Waals surface area contributed by atoms with E-state index in [-0.39, 0.29) is 57.7 Å². The summed E-state index contributed by atoms with van der Waals surface area (Å²) in [5.41, 5.74) is 1.33. The van der Waals surface area contributed by atoms with E-state index in [4.69, 9.17) is 4.43 Å². The fourth-order valence-electron chi connectivity index (χ4n) is 10.8. The average molecular weight is 577 g/mol. The minimum absolute atomic E-state index is 0.0247. The minimum atomic E-state index is -1.85. The van der Waals surface area contributed by atoms with Crippen LogP contribution in [0.15, 0.2) is 11.6 Å². The minimum Gasteiger partial charge on any atom is -0.414 e. The van der Waals surface area contributed by atoms with Crippen LogP contribution < -0.4 is 0 Å². The Hall–Kier alpha value is -0.203. The summed E-state index contributed by atoms with van der Waals surface area (Å²) in [4.78, 5) is 0. The van der Waals surface area contributed by atoms with Crippen molar-refractivity contribution in [1.82, 2.24) is 0 Å². The van der Waals surface area contributed by atoms with E-state index in [1.54, 1.807) is 0 Å². The fourth-order valence-corrected chi connectivity index (χ4v) is 12.3. The summed E-state index contributed by atoms with van der Waals surface area (Å²) >= 11 is 0. The lowest BCUT2D eigenvalue weighted by molar-refractivity contribution is -0.239. The van der Waals surface area contributed by atoms with E-state index in [1.165, 1.54) is 12.0 Å². The zero-order valence-electron chi connectivity index (χ0n) is 27.9. The molecular formula is C35H64O4Si. The molecule has 0 radical (unpaired) electrons. The standard InChI is InChI=1S/C35H64O4Si/c1-22(2)13-12-14-24(21-36)30-26-19-27(37)31-33(7)17-16-29(39-40(10,11)32(4,5)6)23(3)25(33)15-18-34(31,8)35(26,9)20-28(30)38/h13,23-31,36-38H,12,14-21H2,1-11H3/t23-,24-,25?,26?,27+,28-,29+,30+,31-,33-,34-,35-/m0/s1. The van der Waals surface area contributed by atoms with E-state index >= 15 is 0 Å². The SMILES string of the molecule is CC(C)=CCC[C@@H](CO)[C@@H]1C2C[C@@H](O)[C@H]3[C@@]4(C)CC[C@@H](O[Si](C)(C)C(C)(C)C)[C@@H](C)C4CC[C@]3(C)[C@@]2(C)C[C@@H]1O. The van der Waals surface area contributed by atoms with Crippen LogP contribution in [0.3, 0.4) is 0 Å². The smallest absolute Gasteiger partial charge is 0.192 e. The van der Waals surface area contributed by atoms with E-state index in [1.807, 2.05) is 0 Å². The van der Waals surface area contributed by atoms with Crippen molar-refractivity contribution in [2.24, 2.45) is 51.8 Å². The number of aliphatic hydroxyl groups excluding tert-OH is 3. The molecule has 0 spiro atoms. The van der Waals surface area contributed by atoms with Gasteiger partial charge in [-0.25, -0.2) is 0 Å². The second-order valence-electron chi connectivity index (χ2n) is 17.3. The highest BCUT2D eigenvalue weighted by molar-refractivity contribution is 6.74. The van der Waals surface area contributed by atoms with Gasteiger partial charge in [0.05, 0.1) is 12.2 Å². The summed E-state index contributed by atoms with van der Waals surface area (Å²) in [6.45, 7) is 26.0. The molecule has 0 amide bonds. The summed E-state index contributed by atoms with van der Waals surface area (Å²) in [6.07, 6.45) is 9.72. The van der Waals surface area contributed by atoms with E-state index in [0.717, 1.165) is 44.9 Å². The van der Waals surface area contributed by atoms with Crippen molar-refractivity contribution in [1.29, 1.82) is 0 Å². The van der Waals surface area contributed by atoms with Gasteiger partial charge < -0.3 is 19.7 Å². The molecule has 5 heteroatoms. The molecule has 2 unspecified atom stereocenters. The molecule has 0 bridgehead atoms. The first kappa shape index (κ1) is 32.7. The normalized spacial score (nSPS) is 46.2. The Bertz CT molecular complexity index is 936. The first-order valence-electron chi connectivity index (χ1n) is 16.6. The molecule has 232 valence electrons. The lowest BCUT2D eigenvalue weighted by Gasteiger charge is -2.69. The number of allylic oxidation sites excluding steroid dienone is 2. The van der Waals surface area contributed by atoms with Crippen molar-refractivity contribution in [2.75, 3.05) is 6.61 Å². The second-order valence-corrected chi connectivity index (χ2v) is 22.1. The molecular weight excluding hydrogens is 512 g/mol. The van der Waals surface area contributed by atoms with Crippen LogP contribution in [0.5, 0.6) is 0 Å². The van der Waals surface area contributed by atoms with Gasteiger partial charge in [-0.2, -0.15) is 0 Å². The predicted octanol–water partition coefficient (Wildman–Crippen LogP) is 7.97. The van der Waals surface area contributed by atoms with Gasteiger partial charge in [-0.1, -0.05) is 60.1 Å². The van der Waals surface area contributed by atoms with Crippen molar-refractivity contribution in [3.8, 4) is 0 Å². The van der Waals surface area contributed by atoms with Gasteiger partial charge in [0.25, 0.3) is 0 Å². The third kappa shape index (κ3) is 5.14. The highest BCUT2D eigenvalue weighted by Crippen LogP contribution is 2.74. The molecule has 4 aliphatic rings. The third-order valence-electron chi connectivity index (χ3n) is 14.1. The second kappa shape index (κ2) is 11.1. The maximum Gasteiger partial charge on any atom is 0.192 e. The summed E-state index contributed by atoms with van der Waals surface area (Å²) in [5.74, 6) is 1.68. The Morgan fingerprint density at radius 3 is 2.23 bits per heavy atom. The van der Waals surface area contributed by atoms with E-state index in [0.29, 0.717) is 17.9 Å². The van der Waals surface area contributed by atoms with Gasteiger partial charge in [0.15, 0.2) is 8.32 Å². The van der Waals surface area contributed by atoms with Crippen LogP contribution in [0.1, 0.15) is 114 Å². The molecule has 0 heterocycles. The number of aliphatic hydroxyl groups is 3. The van der Waals surface area contributed by atoms with Crippen LogP contribution in [0.2, 0.25) is 18.1 Å². The Morgan fingerprint density at radius 2 is 1.65 bits per heavy atom. The monoisotopic (exact) mass is 576 g/mol. The summed E-state index contributed by atoms with van der Waals surface area (Å²) in [5, 5.41) is 34.4. The lowest BCUT2D eigenvalue weighted by Crippen LogP contribution is -2.66. The molecule has 0 aromatic heterocycles. The first-order chi connectivity index (χ1) is 18.3. The van der Waals surface area contributed by atoms with Crippen LogP contribution in [-0.4, -0.2) is 48.6 Å². The van der Waals surface area contributed by atoms with Gasteiger partial charge in [0.2, 0.25) is 0 Å². The van der Waals surface area contributed by atoms with Crippen LogP contribution >= 0.6 is 0 Å². The third-order valence-corrected chi connectivity index (χ3v) is 18.6. The van der Waals surface area contributed by atoms with Crippen LogP contribution in [0.25, 0.3) is 0 Å². The molecule has 4 nitrogen and oxygen atoms in total. The quantitative estimate of drug-likeness (QED) is 0.212. The Kier molecular flexibility index (Phi) is 9.04. The number of rotatable bonds is 7. The maximum atomic E-state index is 12.1. The van der Waals surface area contributed by atoms with Crippen molar-refractivity contribution >= 4 is 8.32 Å². The molecule has 40 heavy (non-hydrogen) atoms. The van der Waals surface area contributed by atoms with Crippen LogP contribution in [0.4, 0.5) is 0 Å². The van der Waals surface area contributed by atoms with Crippen molar-refractivity contribution < 1.29 is 19.7 Å². The van der Waals surface area contributed by atoms with Crippen molar-refractivity contribution in [3.05, 3.63) is 11.6 Å². The molecule has 12 atom stereocenters. The Balaban J connectivity index is 1.61. The highest BCUT2D eigenvalue weighted by atomic mass is 28.4. The largest absolute Gasteiger partial charge is 0.414 e. The highest BCUT2D eigenvalue weighted by Gasteiger charge is 2.71. The molecule has 0 aliphatic heterocycles. The van der Waals surface area contributed by atoms with Gasteiger partial charge in [0.1, 0.15) is 0 Å². The van der Waals surface area contributed by atoms with E-state index < -0.39 is 14.4 Å². The summed E-state index contributed by atoms with van der Waals surface area (Å²) in [7, 11) is -1.85. The number of hydrogen-bond acceptors (Lipinski definition) is 4. The Labute approximate surface area is 247 Å². The van der Waals surface area contributed by atoms with Crippen LogP contribution in [-0.2, 0) is 4.43 Å². The maximum absolute atomic E-state index is 12.1. The molecule has 4 rings (SSSR count). The van der Waals surface area contributed by atoms with Gasteiger partial charge in [0, 0.05) is 12.7 Å². The van der Waals surface area contributed by atoms with E-state index in [2.05, 4.69) is 81.5 Å². The topological polar surface area (TPSA) is 69.9 Å². The predicted molar refractivity (Wildman–Crippen MR) is 168 cm³/mol. The Morgan fingerprint density at radius 1 is 1.00 bits per heavy atom. The molecule has 4 fully saturated rings. The first-order valence-corrected chi connectivity index (χ1v) is 19.5. The number of hydrogen-bond donors (Lipinski definition) is 3. The number of fused-ring (bicyclic) bond motifs is 5. The fraction of sp³-hybridized carbons (Fsp3) is 0.943. The summed E-state index contributed by atoms with van der Waals surface area (Å²) < 4.78 is 7.06. The molecule has 4 saturated carbocycles. The zero-order valence-corrected chi connectivity index (χ0v) is 28.9. The van der Waals surface area contributed by atoms with Crippen molar-refractivity contribution in [2.45, 2.75) is 150 Å². The molecule has 3 N–H and O–H groups in total. The van der Waals surface area contributed by atoms with Gasteiger partial charge in [-0.3, -0.25) is 0 Å². The molecule has 0 aromatic carbocycles. The van der Waals surface area contributed by atoms with Crippen LogP contribution in [0, 0.1) is 51.8 Å². The average Bonchev–Trinajstić information content (AvgIpc) is 3.08. The van der Waals surface area contributed by atoms with E-state index in [9.17, 15) is 15.3 Å². The summed E-state index contributed by atoms with van der Waals surface area (Å²) in [6, 6.07) is 0. The molecule has 0 aromatic rings. The molecule has 4 aliphatic carbocycles. The zero-order chi connectivity index (χ0) is 30.1. The molecule has 0 saturated heterocycles.